The van der Waals surface area contributed by atoms with Crippen molar-refractivity contribution in [1.82, 2.24) is 24.3 Å². The predicted octanol–water partition coefficient (Wildman–Crippen LogP) is 5.38. The van der Waals surface area contributed by atoms with Gasteiger partial charge >= 0.3 is 36.4 Å². The number of aryl methyl sites for hydroxylation is 1. The maximum absolute atomic E-state index is 10.6. The van der Waals surface area contributed by atoms with Gasteiger partial charge in [0.2, 0.25) is 0 Å². The molecular formula is C27H25F9N6O6S. The molecule has 12 nitrogen and oxygen atoms in total. The molecular weight excluding hydrogens is 707 g/mol. The number of fused-ring (bicyclic) bond motifs is 1. The number of nitrogens with zero attached hydrogens (tertiary/aromatic N) is 6. The van der Waals surface area contributed by atoms with Crippen molar-refractivity contribution in [2.45, 2.75) is 32.0 Å². The highest BCUT2D eigenvalue weighted by molar-refractivity contribution is 7.08. The number of alkyl halides is 9. The highest BCUT2D eigenvalue weighted by Gasteiger charge is 2.39. The molecule has 5 rings (SSSR count). The van der Waals surface area contributed by atoms with Gasteiger partial charge in [0.05, 0.1) is 17.6 Å². The fourth-order valence-corrected chi connectivity index (χ4v) is 4.44. The Bertz CT molecular complexity index is 1630. The minimum absolute atomic E-state index is 0.902. The molecule has 4 aromatic rings. The van der Waals surface area contributed by atoms with Crippen LogP contribution in [0.4, 0.5) is 45.3 Å². The number of hydrogen-bond donors (Lipinski definition) is 3. The third-order valence-corrected chi connectivity index (χ3v) is 6.64. The van der Waals surface area contributed by atoms with Crippen LogP contribution in [0.5, 0.6) is 0 Å². The number of carboxylic acids is 3. The van der Waals surface area contributed by atoms with Crippen LogP contribution >= 0.6 is 11.3 Å². The zero-order chi connectivity index (χ0) is 37.2. The van der Waals surface area contributed by atoms with Crippen molar-refractivity contribution in [2.75, 3.05) is 31.1 Å². The Morgan fingerprint density at radius 3 is 1.80 bits per heavy atom. The summed E-state index contributed by atoms with van der Waals surface area (Å²) >= 11 is 1.70. The Hall–Kier alpha value is -4.99. The molecule has 3 N–H and O–H groups in total. The summed E-state index contributed by atoms with van der Waals surface area (Å²) in [5.41, 5.74) is 5.46. The number of aliphatic carboxylic acids is 3. The Morgan fingerprint density at radius 2 is 1.35 bits per heavy atom. The van der Waals surface area contributed by atoms with Crippen LogP contribution < -0.4 is 4.90 Å². The lowest BCUT2D eigenvalue weighted by Crippen LogP contribution is -2.46. The van der Waals surface area contributed by atoms with E-state index in [0.717, 1.165) is 61.3 Å². The zero-order valence-electron chi connectivity index (χ0n) is 24.8. The number of carbonyl (C=O) groups is 3. The number of carboxylic acid groups (broad SMARTS) is 3. The van der Waals surface area contributed by atoms with Gasteiger partial charge in [-0.3, -0.25) is 14.3 Å². The minimum Gasteiger partial charge on any atom is -0.475 e. The fourth-order valence-electron chi connectivity index (χ4n) is 3.79. The van der Waals surface area contributed by atoms with E-state index in [2.05, 4.69) is 58.1 Å². The molecule has 22 heteroatoms. The monoisotopic (exact) mass is 732 g/mol. The molecule has 49 heavy (non-hydrogen) atoms. The molecule has 268 valence electrons. The first-order valence-electron chi connectivity index (χ1n) is 13.3. The van der Waals surface area contributed by atoms with Gasteiger partial charge in [-0.15, -0.1) is 0 Å². The van der Waals surface area contributed by atoms with E-state index in [0.29, 0.717) is 0 Å². The van der Waals surface area contributed by atoms with Crippen molar-refractivity contribution in [3.8, 4) is 11.3 Å². The summed E-state index contributed by atoms with van der Waals surface area (Å²) in [6.45, 7) is 6.83. The van der Waals surface area contributed by atoms with Crippen molar-refractivity contribution in [3.05, 3.63) is 65.0 Å². The maximum atomic E-state index is 10.6. The highest BCUT2D eigenvalue weighted by atomic mass is 32.1. The topological polar surface area (TPSA) is 161 Å². The molecule has 4 aromatic heterocycles. The van der Waals surface area contributed by atoms with Gasteiger partial charge in [0.1, 0.15) is 0 Å². The fraction of sp³-hybridized carbons (Fsp3) is 0.333. The first-order valence-corrected chi connectivity index (χ1v) is 14.2. The Labute approximate surface area is 273 Å². The van der Waals surface area contributed by atoms with Crippen LogP contribution in [0.2, 0.25) is 0 Å². The van der Waals surface area contributed by atoms with Gasteiger partial charge in [0.15, 0.2) is 11.5 Å². The number of imidazole rings is 1. The average molecular weight is 733 g/mol. The van der Waals surface area contributed by atoms with Crippen molar-refractivity contribution in [2.24, 2.45) is 0 Å². The zero-order valence-corrected chi connectivity index (χ0v) is 25.6. The standard InChI is InChI=1S/C21H22N6S.3C2HF3O2/c1-16-3-2-4-18(24-16)14-25-8-10-26(11-9-25)20-21-23-13-19(17-5-12-28-15-17)27(21)7-6-22-20;3*3-2(4,5)1(6)7/h2-7,12-13,15H,8-11,14H2,1H3;3*(H,6,7). The summed E-state index contributed by atoms with van der Waals surface area (Å²) in [5, 5.41) is 25.6. The van der Waals surface area contributed by atoms with Crippen molar-refractivity contribution in [3.63, 3.8) is 0 Å². The molecule has 1 fully saturated rings. The number of piperazine rings is 1. The molecule has 1 aliphatic heterocycles. The third-order valence-electron chi connectivity index (χ3n) is 5.96. The molecule has 0 radical (unpaired) electrons. The van der Waals surface area contributed by atoms with E-state index in [1.54, 1.807) is 11.3 Å². The summed E-state index contributed by atoms with van der Waals surface area (Å²) in [6.07, 6.45) is -9.43. The Balaban J connectivity index is 0.000000325. The van der Waals surface area contributed by atoms with Gasteiger partial charge in [-0.05, 0) is 30.5 Å². The van der Waals surface area contributed by atoms with Crippen LogP contribution in [0.25, 0.3) is 16.9 Å². The summed E-state index contributed by atoms with van der Waals surface area (Å²) in [6, 6.07) is 8.37. The molecule has 5 heterocycles. The van der Waals surface area contributed by atoms with Crippen LogP contribution in [0.15, 0.2) is 53.6 Å². The van der Waals surface area contributed by atoms with Crippen molar-refractivity contribution < 1.29 is 69.2 Å². The van der Waals surface area contributed by atoms with E-state index < -0.39 is 36.4 Å². The maximum Gasteiger partial charge on any atom is 0.490 e. The Kier molecular flexibility index (Phi) is 13.9. The predicted molar refractivity (Wildman–Crippen MR) is 154 cm³/mol. The smallest absolute Gasteiger partial charge is 0.475 e. The molecule has 0 amide bonds. The van der Waals surface area contributed by atoms with Crippen LogP contribution in [0.1, 0.15) is 11.4 Å². The largest absolute Gasteiger partial charge is 0.490 e. The second kappa shape index (κ2) is 16.9. The highest BCUT2D eigenvalue weighted by Crippen LogP contribution is 2.27. The lowest BCUT2D eigenvalue weighted by Gasteiger charge is -2.35. The SMILES string of the molecule is Cc1cccc(CN2CCN(c3nccn4c(-c5ccsc5)cnc34)CC2)n1.O=C(O)C(F)(F)F.O=C(O)C(F)(F)F.O=C(O)C(F)(F)F. The molecule has 0 saturated carbocycles. The summed E-state index contributed by atoms with van der Waals surface area (Å²) in [4.78, 5) is 45.5. The van der Waals surface area contributed by atoms with Gasteiger partial charge in [-0.2, -0.15) is 50.9 Å². The number of halogens is 9. The van der Waals surface area contributed by atoms with E-state index in [4.69, 9.17) is 29.7 Å². The number of rotatable bonds is 4. The quantitative estimate of drug-likeness (QED) is 0.231. The minimum atomic E-state index is -5.08. The average Bonchev–Trinajstić information content (AvgIpc) is 3.67. The third kappa shape index (κ3) is 12.9. The van der Waals surface area contributed by atoms with Crippen LogP contribution in [0, 0.1) is 6.92 Å². The molecule has 1 aliphatic rings. The van der Waals surface area contributed by atoms with Gasteiger partial charge in [-0.25, -0.2) is 24.4 Å². The molecule has 0 unspecified atom stereocenters. The molecule has 0 aromatic carbocycles. The molecule has 0 atom stereocenters. The molecule has 1 saturated heterocycles. The molecule has 0 spiro atoms. The van der Waals surface area contributed by atoms with Crippen molar-refractivity contribution in [1.29, 1.82) is 0 Å². The number of anilines is 1. The normalized spacial score (nSPS) is 13.6. The second-order valence-electron chi connectivity index (χ2n) is 9.54. The van der Waals surface area contributed by atoms with Crippen LogP contribution in [0.3, 0.4) is 0 Å². The van der Waals surface area contributed by atoms with E-state index >= 15 is 0 Å². The van der Waals surface area contributed by atoms with E-state index in [1.165, 1.54) is 5.56 Å². The van der Waals surface area contributed by atoms with E-state index in [1.807, 2.05) is 31.6 Å². The number of aromatic nitrogens is 4. The van der Waals surface area contributed by atoms with E-state index in [-0.39, 0.29) is 0 Å². The summed E-state index contributed by atoms with van der Waals surface area (Å²) < 4.78 is 97.4. The van der Waals surface area contributed by atoms with E-state index in [9.17, 15) is 39.5 Å². The Morgan fingerprint density at radius 1 is 0.816 bits per heavy atom. The van der Waals surface area contributed by atoms with Crippen LogP contribution in [-0.2, 0) is 20.9 Å². The lowest BCUT2D eigenvalue weighted by atomic mass is 10.2. The summed E-state index contributed by atoms with van der Waals surface area (Å²) in [7, 11) is 0. The number of pyridine rings is 1. The van der Waals surface area contributed by atoms with Gasteiger partial charge in [0, 0.05) is 61.8 Å². The lowest BCUT2D eigenvalue weighted by molar-refractivity contribution is -0.193. The molecule has 0 bridgehead atoms. The first kappa shape index (κ1) is 40.2. The second-order valence-corrected chi connectivity index (χ2v) is 10.3. The van der Waals surface area contributed by atoms with Crippen LogP contribution in [-0.4, -0.2) is 102 Å². The van der Waals surface area contributed by atoms with Crippen molar-refractivity contribution >= 4 is 40.7 Å². The van der Waals surface area contributed by atoms with Gasteiger partial charge in [0.25, 0.3) is 0 Å². The molecule has 0 aliphatic carbocycles. The number of thiophene rings is 1. The number of hydrogen-bond acceptors (Lipinski definition) is 9. The van der Waals surface area contributed by atoms with Gasteiger partial charge < -0.3 is 20.2 Å². The first-order chi connectivity index (χ1) is 22.6. The summed E-state index contributed by atoms with van der Waals surface area (Å²) in [5.74, 6) is -7.30. The van der Waals surface area contributed by atoms with Gasteiger partial charge in [-0.1, -0.05) is 6.07 Å².